The highest BCUT2D eigenvalue weighted by atomic mass is 32.2. The molecule has 2 heteroatoms. The minimum Gasteiger partial charge on any atom is -0.315 e. The molecule has 84 valence electrons. The summed E-state index contributed by atoms with van der Waals surface area (Å²) in [7, 11) is 2.12. The molecule has 0 saturated heterocycles. The average molecular weight is 215 g/mol. The van der Waals surface area contributed by atoms with Crippen LogP contribution in [0.4, 0.5) is 0 Å². The van der Waals surface area contributed by atoms with Gasteiger partial charge in [-0.05, 0) is 37.5 Å². The summed E-state index contributed by atoms with van der Waals surface area (Å²) in [5.41, 5.74) is 0.499. The number of hydrogen-bond donors (Lipinski definition) is 1. The van der Waals surface area contributed by atoms with Crippen molar-refractivity contribution >= 4 is 11.8 Å². The van der Waals surface area contributed by atoms with Gasteiger partial charge in [0.15, 0.2) is 0 Å². The summed E-state index contributed by atoms with van der Waals surface area (Å²) in [6, 6.07) is 0.712. The van der Waals surface area contributed by atoms with Crippen LogP contribution in [-0.2, 0) is 0 Å². The summed E-state index contributed by atoms with van der Waals surface area (Å²) < 4.78 is 0. The third-order valence-corrected chi connectivity index (χ3v) is 4.89. The fourth-order valence-electron chi connectivity index (χ4n) is 2.47. The molecule has 0 heterocycles. The fraction of sp³-hybridized carbons (Fsp3) is 1.00. The molecule has 0 radical (unpaired) electrons. The molecule has 2 unspecified atom stereocenters. The van der Waals surface area contributed by atoms with Gasteiger partial charge in [0.05, 0.1) is 0 Å². The SMILES string of the molecule is CCCCSC1CCC(C)(C)C1NC. The van der Waals surface area contributed by atoms with Crippen LogP contribution in [0.3, 0.4) is 0 Å². The molecule has 0 amide bonds. The molecule has 1 saturated carbocycles. The van der Waals surface area contributed by atoms with Crippen molar-refractivity contribution in [1.82, 2.24) is 5.32 Å². The van der Waals surface area contributed by atoms with E-state index >= 15 is 0 Å². The molecular formula is C12H25NS. The van der Waals surface area contributed by atoms with Crippen molar-refractivity contribution in [2.45, 2.75) is 57.7 Å². The van der Waals surface area contributed by atoms with Gasteiger partial charge in [-0.3, -0.25) is 0 Å². The summed E-state index contributed by atoms with van der Waals surface area (Å²) in [4.78, 5) is 0. The van der Waals surface area contributed by atoms with Crippen LogP contribution in [0.25, 0.3) is 0 Å². The first kappa shape index (κ1) is 12.4. The number of nitrogens with one attached hydrogen (secondary N) is 1. The molecule has 0 aromatic carbocycles. The van der Waals surface area contributed by atoms with Crippen molar-refractivity contribution in [2.24, 2.45) is 5.41 Å². The van der Waals surface area contributed by atoms with E-state index in [-0.39, 0.29) is 0 Å². The molecular weight excluding hydrogens is 190 g/mol. The molecule has 0 bridgehead atoms. The van der Waals surface area contributed by atoms with Crippen molar-refractivity contribution in [3.05, 3.63) is 0 Å². The van der Waals surface area contributed by atoms with Crippen molar-refractivity contribution in [2.75, 3.05) is 12.8 Å². The van der Waals surface area contributed by atoms with Crippen LogP contribution >= 0.6 is 11.8 Å². The lowest BCUT2D eigenvalue weighted by atomic mass is 9.87. The zero-order valence-electron chi connectivity index (χ0n) is 10.1. The van der Waals surface area contributed by atoms with Crippen LogP contribution in [0.5, 0.6) is 0 Å². The van der Waals surface area contributed by atoms with Gasteiger partial charge in [0.2, 0.25) is 0 Å². The second-order valence-electron chi connectivity index (χ2n) is 5.06. The van der Waals surface area contributed by atoms with E-state index in [2.05, 4.69) is 44.9 Å². The van der Waals surface area contributed by atoms with Gasteiger partial charge in [-0.25, -0.2) is 0 Å². The van der Waals surface area contributed by atoms with Gasteiger partial charge < -0.3 is 5.32 Å². The minimum atomic E-state index is 0.499. The van der Waals surface area contributed by atoms with Gasteiger partial charge in [-0.1, -0.05) is 27.2 Å². The van der Waals surface area contributed by atoms with Gasteiger partial charge in [0.25, 0.3) is 0 Å². The van der Waals surface area contributed by atoms with Crippen LogP contribution in [0.1, 0.15) is 46.5 Å². The van der Waals surface area contributed by atoms with E-state index in [0.717, 1.165) is 5.25 Å². The predicted octanol–water partition coefficient (Wildman–Crippen LogP) is 3.30. The standard InChI is InChI=1S/C12H25NS/c1-5-6-9-14-10-7-8-12(2,3)11(10)13-4/h10-11,13H,5-9H2,1-4H3. The first-order valence-corrected chi connectivity index (χ1v) is 6.95. The molecule has 1 N–H and O–H groups in total. The third kappa shape index (κ3) is 2.90. The Kier molecular flexibility index (Phi) is 4.78. The van der Waals surface area contributed by atoms with Gasteiger partial charge in [0, 0.05) is 11.3 Å². The molecule has 2 atom stereocenters. The zero-order valence-corrected chi connectivity index (χ0v) is 10.9. The lowest BCUT2D eigenvalue weighted by molar-refractivity contribution is 0.300. The molecule has 1 aliphatic carbocycles. The second kappa shape index (κ2) is 5.41. The Balaban J connectivity index is 2.38. The quantitative estimate of drug-likeness (QED) is 0.706. The monoisotopic (exact) mass is 215 g/mol. The molecule has 1 aliphatic rings. The van der Waals surface area contributed by atoms with E-state index in [1.807, 2.05) is 0 Å². The summed E-state index contributed by atoms with van der Waals surface area (Å²) >= 11 is 2.18. The number of rotatable bonds is 5. The number of hydrogen-bond acceptors (Lipinski definition) is 2. The van der Waals surface area contributed by atoms with Crippen molar-refractivity contribution in [1.29, 1.82) is 0 Å². The Morgan fingerprint density at radius 2 is 2.14 bits per heavy atom. The summed E-state index contributed by atoms with van der Waals surface area (Å²) in [5, 5.41) is 4.36. The van der Waals surface area contributed by atoms with E-state index in [1.54, 1.807) is 0 Å². The van der Waals surface area contributed by atoms with Crippen LogP contribution < -0.4 is 5.32 Å². The Labute approximate surface area is 93.4 Å². The molecule has 0 aliphatic heterocycles. The average Bonchev–Trinajstić information content (AvgIpc) is 2.42. The Morgan fingerprint density at radius 1 is 1.43 bits per heavy atom. The molecule has 0 aromatic rings. The van der Waals surface area contributed by atoms with Gasteiger partial charge in [-0.15, -0.1) is 0 Å². The Morgan fingerprint density at radius 3 is 2.71 bits per heavy atom. The lowest BCUT2D eigenvalue weighted by Crippen LogP contribution is -2.41. The van der Waals surface area contributed by atoms with E-state index in [9.17, 15) is 0 Å². The maximum atomic E-state index is 3.51. The van der Waals surface area contributed by atoms with Crippen LogP contribution in [0.2, 0.25) is 0 Å². The molecule has 0 aromatic heterocycles. The molecule has 1 rings (SSSR count). The normalized spacial score (nSPS) is 30.9. The number of unbranched alkanes of at least 4 members (excludes halogenated alkanes) is 1. The second-order valence-corrected chi connectivity index (χ2v) is 6.40. The van der Waals surface area contributed by atoms with Gasteiger partial charge >= 0.3 is 0 Å². The third-order valence-electron chi connectivity index (χ3n) is 3.43. The van der Waals surface area contributed by atoms with Crippen LogP contribution in [0.15, 0.2) is 0 Å². The molecule has 0 spiro atoms. The zero-order chi connectivity index (χ0) is 10.6. The summed E-state index contributed by atoms with van der Waals surface area (Å²) in [6.45, 7) is 7.07. The maximum absolute atomic E-state index is 3.51. The van der Waals surface area contributed by atoms with Gasteiger partial charge in [0.1, 0.15) is 0 Å². The predicted molar refractivity (Wildman–Crippen MR) is 67.0 cm³/mol. The maximum Gasteiger partial charge on any atom is 0.0234 e. The molecule has 1 nitrogen and oxygen atoms in total. The summed E-state index contributed by atoms with van der Waals surface area (Å²) in [5.74, 6) is 1.34. The van der Waals surface area contributed by atoms with Crippen molar-refractivity contribution in [3.8, 4) is 0 Å². The smallest absolute Gasteiger partial charge is 0.0234 e. The lowest BCUT2D eigenvalue weighted by Gasteiger charge is -2.30. The molecule has 14 heavy (non-hydrogen) atoms. The van der Waals surface area contributed by atoms with Crippen LogP contribution in [0, 0.1) is 5.41 Å². The highest BCUT2D eigenvalue weighted by Crippen LogP contribution is 2.42. The van der Waals surface area contributed by atoms with Crippen LogP contribution in [-0.4, -0.2) is 24.1 Å². The topological polar surface area (TPSA) is 12.0 Å². The first-order valence-electron chi connectivity index (χ1n) is 5.90. The minimum absolute atomic E-state index is 0.499. The Bertz CT molecular complexity index is 168. The van der Waals surface area contributed by atoms with Crippen molar-refractivity contribution in [3.63, 3.8) is 0 Å². The van der Waals surface area contributed by atoms with E-state index in [4.69, 9.17) is 0 Å². The largest absolute Gasteiger partial charge is 0.315 e. The summed E-state index contributed by atoms with van der Waals surface area (Å²) in [6.07, 6.45) is 5.47. The first-order chi connectivity index (χ1) is 6.61. The van der Waals surface area contributed by atoms with Crippen molar-refractivity contribution < 1.29 is 0 Å². The van der Waals surface area contributed by atoms with Gasteiger partial charge in [-0.2, -0.15) is 11.8 Å². The van der Waals surface area contributed by atoms with E-state index in [1.165, 1.54) is 31.4 Å². The Hall–Kier alpha value is 0.310. The highest BCUT2D eigenvalue weighted by Gasteiger charge is 2.40. The number of thioether (sulfide) groups is 1. The van der Waals surface area contributed by atoms with E-state index < -0.39 is 0 Å². The fourth-order valence-corrected chi connectivity index (χ4v) is 4.21. The van der Waals surface area contributed by atoms with E-state index in [0.29, 0.717) is 11.5 Å². The highest BCUT2D eigenvalue weighted by molar-refractivity contribution is 7.99. The molecule has 1 fully saturated rings.